The molecule has 1 fully saturated rings. The largest absolute Gasteiger partial charge is 0.335 e. The standard InChI is InChI=1S/C16H21FN2O/c1-12-6-2-5-9-15(12)19-16(20)18-11-10-13-7-3-4-8-14(13)17/h3-4,7-8,10-12,15H,2,5-6,9H2,1H3,(H2,18,19,20)/b11-10+. The van der Waals surface area contributed by atoms with E-state index in [1.807, 2.05) is 0 Å². The molecular formula is C16H21FN2O. The molecule has 0 saturated heterocycles. The highest BCUT2D eigenvalue weighted by Gasteiger charge is 2.22. The summed E-state index contributed by atoms with van der Waals surface area (Å²) < 4.78 is 13.4. The maximum atomic E-state index is 13.4. The summed E-state index contributed by atoms with van der Waals surface area (Å²) in [6.45, 7) is 2.17. The van der Waals surface area contributed by atoms with Crippen molar-refractivity contribution < 1.29 is 9.18 Å². The molecule has 4 heteroatoms. The zero-order chi connectivity index (χ0) is 14.4. The van der Waals surface area contributed by atoms with E-state index in [4.69, 9.17) is 0 Å². The van der Waals surface area contributed by atoms with E-state index in [-0.39, 0.29) is 17.9 Å². The molecular weight excluding hydrogens is 255 g/mol. The van der Waals surface area contributed by atoms with Gasteiger partial charge in [0.1, 0.15) is 5.82 Å². The highest BCUT2D eigenvalue weighted by molar-refractivity contribution is 5.76. The van der Waals surface area contributed by atoms with Crippen LogP contribution in [-0.2, 0) is 0 Å². The quantitative estimate of drug-likeness (QED) is 0.869. The minimum atomic E-state index is -0.299. The summed E-state index contributed by atoms with van der Waals surface area (Å²) in [6.07, 6.45) is 7.64. The molecule has 0 bridgehead atoms. The van der Waals surface area contributed by atoms with Crippen LogP contribution in [0.2, 0.25) is 0 Å². The molecule has 2 unspecified atom stereocenters. The van der Waals surface area contributed by atoms with E-state index in [0.29, 0.717) is 11.5 Å². The van der Waals surface area contributed by atoms with E-state index in [1.54, 1.807) is 24.3 Å². The lowest BCUT2D eigenvalue weighted by molar-refractivity contribution is 0.225. The minimum Gasteiger partial charge on any atom is -0.335 e. The number of urea groups is 1. The molecule has 1 saturated carbocycles. The van der Waals surface area contributed by atoms with Crippen molar-refractivity contribution in [3.8, 4) is 0 Å². The molecule has 0 spiro atoms. The van der Waals surface area contributed by atoms with Crippen LogP contribution in [-0.4, -0.2) is 12.1 Å². The summed E-state index contributed by atoms with van der Waals surface area (Å²) in [6, 6.07) is 6.46. The SMILES string of the molecule is CC1CCCCC1NC(=O)N/C=C/c1ccccc1F. The van der Waals surface area contributed by atoms with Crippen LogP contribution < -0.4 is 10.6 Å². The molecule has 20 heavy (non-hydrogen) atoms. The topological polar surface area (TPSA) is 41.1 Å². The fraction of sp³-hybridized carbons (Fsp3) is 0.438. The number of hydrogen-bond donors (Lipinski definition) is 2. The van der Waals surface area contributed by atoms with Gasteiger partial charge in [-0.25, -0.2) is 9.18 Å². The lowest BCUT2D eigenvalue weighted by atomic mass is 9.86. The molecule has 1 aliphatic carbocycles. The Hall–Kier alpha value is -1.84. The second-order valence-electron chi connectivity index (χ2n) is 5.34. The Balaban J connectivity index is 1.81. The van der Waals surface area contributed by atoms with Gasteiger partial charge in [-0.05, 0) is 30.9 Å². The van der Waals surface area contributed by atoms with Gasteiger partial charge in [-0.1, -0.05) is 38.0 Å². The van der Waals surface area contributed by atoms with Crippen molar-refractivity contribution in [2.45, 2.75) is 38.6 Å². The molecule has 2 atom stereocenters. The third-order valence-corrected chi connectivity index (χ3v) is 3.81. The number of benzene rings is 1. The normalized spacial score (nSPS) is 22.7. The van der Waals surface area contributed by atoms with Gasteiger partial charge < -0.3 is 10.6 Å². The van der Waals surface area contributed by atoms with Crippen LogP contribution >= 0.6 is 0 Å². The van der Waals surface area contributed by atoms with Crippen molar-refractivity contribution >= 4 is 12.1 Å². The Bertz CT molecular complexity index is 487. The van der Waals surface area contributed by atoms with Gasteiger partial charge in [0.2, 0.25) is 0 Å². The highest BCUT2D eigenvalue weighted by atomic mass is 19.1. The van der Waals surface area contributed by atoms with Crippen LogP contribution in [0.15, 0.2) is 30.5 Å². The second kappa shape index (κ2) is 7.08. The molecule has 3 nitrogen and oxygen atoms in total. The molecule has 1 aromatic carbocycles. The van der Waals surface area contributed by atoms with Crippen molar-refractivity contribution in [3.05, 3.63) is 41.8 Å². The summed E-state index contributed by atoms with van der Waals surface area (Å²) >= 11 is 0. The molecule has 2 N–H and O–H groups in total. The number of halogens is 1. The Labute approximate surface area is 119 Å². The van der Waals surface area contributed by atoms with E-state index in [1.165, 1.54) is 25.1 Å². The van der Waals surface area contributed by atoms with Gasteiger partial charge in [-0.2, -0.15) is 0 Å². The summed E-state index contributed by atoms with van der Waals surface area (Å²) in [5.74, 6) is 0.219. The first kappa shape index (κ1) is 14.6. The zero-order valence-corrected chi connectivity index (χ0v) is 11.7. The van der Waals surface area contributed by atoms with Gasteiger partial charge in [0, 0.05) is 17.8 Å². The van der Waals surface area contributed by atoms with Gasteiger partial charge in [0.05, 0.1) is 0 Å². The van der Waals surface area contributed by atoms with Crippen LogP contribution in [0.5, 0.6) is 0 Å². The van der Waals surface area contributed by atoms with E-state index < -0.39 is 0 Å². The smallest absolute Gasteiger partial charge is 0.318 e. The third kappa shape index (κ3) is 4.08. The summed E-state index contributed by atoms with van der Waals surface area (Å²) in [7, 11) is 0. The predicted octanol–water partition coefficient (Wildman–Crippen LogP) is 3.67. The molecule has 2 rings (SSSR count). The van der Waals surface area contributed by atoms with Crippen LogP contribution in [0.3, 0.4) is 0 Å². The van der Waals surface area contributed by atoms with E-state index in [9.17, 15) is 9.18 Å². The monoisotopic (exact) mass is 276 g/mol. The average molecular weight is 276 g/mol. The van der Waals surface area contributed by atoms with E-state index in [0.717, 1.165) is 12.8 Å². The Morgan fingerprint density at radius 3 is 2.80 bits per heavy atom. The van der Waals surface area contributed by atoms with E-state index in [2.05, 4.69) is 17.6 Å². The predicted molar refractivity (Wildman–Crippen MR) is 78.5 cm³/mol. The molecule has 0 aromatic heterocycles. The Kier molecular flexibility index (Phi) is 5.16. The summed E-state index contributed by atoms with van der Waals surface area (Å²) in [5, 5.41) is 5.60. The van der Waals surface area contributed by atoms with Gasteiger partial charge in [-0.15, -0.1) is 0 Å². The van der Waals surface area contributed by atoms with Crippen molar-refractivity contribution in [1.29, 1.82) is 0 Å². The lowest BCUT2D eigenvalue weighted by Crippen LogP contribution is -2.44. The number of nitrogens with one attached hydrogen (secondary N) is 2. The fourth-order valence-corrected chi connectivity index (χ4v) is 2.56. The first-order chi connectivity index (χ1) is 9.66. The third-order valence-electron chi connectivity index (χ3n) is 3.81. The number of carbonyl (C=O) groups is 1. The van der Waals surface area contributed by atoms with Gasteiger partial charge in [-0.3, -0.25) is 0 Å². The highest BCUT2D eigenvalue weighted by Crippen LogP contribution is 2.23. The Morgan fingerprint density at radius 2 is 2.05 bits per heavy atom. The van der Waals surface area contributed by atoms with Crippen molar-refractivity contribution in [2.75, 3.05) is 0 Å². The second-order valence-corrected chi connectivity index (χ2v) is 5.34. The van der Waals surface area contributed by atoms with E-state index >= 15 is 0 Å². The van der Waals surface area contributed by atoms with Crippen LogP contribution in [0.25, 0.3) is 6.08 Å². The summed E-state index contributed by atoms with van der Waals surface area (Å²) in [4.78, 5) is 11.8. The van der Waals surface area contributed by atoms with Crippen LogP contribution in [0.1, 0.15) is 38.2 Å². The molecule has 108 valence electrons. The van der Waals surface area contributed by atoms with Crippen molar-refractivity contribution in [1.82, 2.24) is 10.6 Å². The first-order valence-corrected chi connectivity index (χ1v) is 7.15. The maximum absolute atomic E-state index is 13.4. The molecule has 0 radical (unpaired) electrons. The van der Waals surface area contributed by atoms with Gasteiger partial charge in [0.15, 0.2) is 0 Å². The first-order valence-electron chi connectivity index (χ1n) is 7.15. The molecule has 0 aliphatic heterocycles. The fourth-order valence-electron chi connectivity index (χ4n) is 2.56. The minimum absolute atomic E-state index is 0.226. The number of amides is 2. The average Bonchev–Trinajstić information content (AvgIpc) is 2.43. The summed E-state index contributed by atoms with van der Waals surface area (Å²) in [5.41, 5.74) is 0.457. The number of rotatable bonds is 3. The maximum Gasteiger partial charge on any atom is 0.318 e. The van der Waals surface area contributed by atoms with Crippen molar-refractivity contribution in [2.24, 2.45) is 5.92 Å². The molecule has 1 aromatic rings. The number of carbonyl (C=O) groups excluding carboxylic acids is 1. The molecule has 2 amide bonds. The van der Waals surface area contributed by atoms with Gasteiger partial charge >= 0.3 is 6.03 Å². The van der Waals surface area contributed by atoms with Crippen LogP contribution in [0.4, 0.5) is 9.18 Å². The van der Waals surface area contributed by atoms with Gasteiger partial charge in [0.25, 0.3) is 0 Å². The molecule has 0 heterocycles. The van der Waals surface area contributed by atoms with Crippen molar-refractivity contribution in [3.63, 3.8) is 0 Å². The van der Waals surface area contributed by atoms with Crippen LogP contribution in [0, 0.1) is 11.7 Å². The molecule has 1 aliphatic rings. The zero-order valence-electron chi connectivity index (χ0n) is 11.7. The number of hydrogen-bond acceptors (Lipinski definition) is 1. The Morgan fingerprint density at radius 1 is 1.30 bits per heavy atom. The lowest BCUT2D eigenvalue weighted by Gasteiger charge is -2.29.